The molecule has 0 rings (SSSR count). The zero-order valence-electron chi connectivity index (χ0n) is 36.5. The molecule has 0 aliphatic carbocycles. The number of ether oxygens (including phenoxy) is 1. The Kier molecular flexibility index (Phi) is 41.3. The summed E-state index contributed by atoms with van der Waals surface area (Å²) in [5.41, 5.74) is 0. The van der Waals surface area contributed by atoms with Gasteiger partial charge in [0.25, 0.3) is 0 Å². The number of carbonyl (C=O) groups is 2. The predicted molar refractivity (Wildman–Crippen MR) is 241 cm³/mol. The van der Waals surface area contributed by atoms with E-state index in [1.165, 1.54) is 96.3 Å². The Morgan fingerprint density at radius 3 is 1.50 bits per heavy atom. The Balaban J connectivity index is 4.75. The molecule has 0 aliphatic heterocycles. The molecule has 0 fully saturated rings. The fourth-order valence-corrected chi connectivity index (χ4v) is 6.63. The second-order valence-electron chi connectivity index (χ2n) is 15.5. The second-order valence-corrected chi connectivity index (χ2v) is 15.5. The first-order chi connectivity index (χ1) is 27.5. The molecular weight excluding hydrogens is 695 g/mol. The minimum atomic E-state index is -0.802. The quantitative estimate of drug-likeness (QED) is 0.0249. The minimum Gasteiger partial charge on any atom is -0.462 e. The average Bonchev–Trinajstić information content (AvgIpc) is 3.19. The number of carbonyl (C=O) groups excluding carboxylic acids is 2. The highest BCUT2D eigenvalue weighted by molar-refractivity contribution is 5.77. The maximum Gasteiger partial charge on any atom is 0.306 e. The summed E-state index contributed by atoms with van der Waals surface area (Å²) in [5.74, 6) is -0.576. The molecule has 56 heavy (non-hydrogen) atoms. The molecule has 0 aliphatic rings. The number of unbranched alkanes of at least 4 members (excludes halogenated alkanes) is 20. The third kappa shape index (κ3) is 38.2. The van der Waals surface area contributed by atoms with Crippen molar-refractivity contribution in [1.29, 1.82) is 0 Å². The highest BCUT2D eigenvalue weighted by Gasteiger charge is 2.24. The van der Waals surface area contributed by atoms with Crippen molar-refractivity contribution >= 4 is 11.9 Å². The van der Waals surface area contributed by atoms with E-state index in [-0.39, 0.29) is 24.9 Å². The number of amides is 1. The topological polar surface area (TPSA) is 95.9 Å². The largest absolute Gasteiger partial charge is 0.462 e. The van der Waals surface area contributed by atoms with E-state index in [9.17, 15) is 19.8 Å². The lowest BCUT2D eigenvalue weighted by atomic mass is 10.0. The van der Waals surface area contributed by atoms with E-state index in [4.69, 9.17) is 4.74 Å². The standard InChI is InChI=1S/C50H87NO5/c1-4-7-10-13-16-19-21-23-24-26-27-30-32-35-38-41-46(56-50(55)43-40-37-34-31-28-25-22-20-17-14-11-8-5-2)44-49(54)51-47(45-52)48(53)42-39-36-33-29-18-15-12-9-6-3/h8,11,14,17,20,22-25,28,31,34,46-48,52-53H,4-7,9-10,12-13,15-16,18-19,21,26-27,29-30,32-33,35-45H2,1-3H3,(H,51,54)/b11-8+,17-14+,22-20-,24-23+,28-25-,34-31+. The van der Waals surface area contributed by atoms with Crippen molar-refractivity contribution in [3.63, 3.8) is 0 Å². The molecule has 1 amide bonds. The summed E-state index contributed by atoms with van der Waals surface area (Å²) in [7, 11) is 0. The number of aliphatic hydroxyl groups excluding tert-OH is 2. The second kappa shape index (κ2) is 43.4. The van der Waals surface area contributed by atoms with E-state index in [1.807, 2.05) is 54.7 Å². The van der Waals surface area contributed by atoms with E-state index in [2.05, 4.69) is 44.3 Å². The van der Waals surface area contributed by atoms with Crippen molar-refractivity contribution < 1.29 is 24.5 Å². The van der Waals surface area contributed by atoms with Crippen molar-refractivity contribution in [2.24, 2.45) is 0 Å². The maximum atomic E-state index is 13.1. The molecule has 0 heterocycles. The van der Waals surface area contributed by atoms with Gasteiger partial charge in [-0.1, -0.05) is 203 Å². The fourth-order valence-electron chi connectivity index (χ4n) is 6.63. The number of esters is 1. The van der Waals surface area contributed by atoms with Gasteiger partial charge in [0.05, 0.1) is 25.2 Å². The molecule has 322 valence electrons. The molecule has 0 bridgehead atoms. The third-order valence-electron chi connectivity index (χ3n) is 10.1. The van der Waals surface area contributed by atoms with Crippen molar-refractivity contribution in [3.8, 4) is 0 Å². The Morgan fingerprint density at radius 1 is 0.536 bits per heavy atom. The number of aliphatic hydroxyl groups is 2. The average molecular weight is 782 g/mol. The summed E-state index contributed by atoms with van der Waals surface area (Å²) in [6.45, 7) is 6.28. The van der Waals surface area contributed by atoms with E-state index in [0.29, 0.717) is 25.7 Å². The molecule has 3 N–H and O–H groups in total. The Labute approximate surface area is 345 Å². The van der Waals surface area contributed by atoms with Crippen LogP contribution in [0.1, 0.15) is 207 Å². The summed E-state index contributed by atoms with van der Waals surface area (Å²) < 4.78 is 5.86. The molecule has 3 unspecified atom stereocenters. The van der Waals surface area contributed by atoms with E-state index in [0.717, 1.165) is 57.8 Å². The number of allylic oxidation sites excluding steroid dienone is 12. The van der Waals surface area contributed by atoms with Gasteiger partial charge in [0.2, 0.25) is 5.91 Å². The van der Waals surface area contributed by atoms with Gasteiger partial charge in [0.15, 0.2) is 0 Å². The van der Waals surface area contributed by atoms with Crippen LogP contribution in [-0.2, 0) is 14.3 Å². The number of hydrogen-bond donors (Lipinski definition) is 3. The summed E-state index contributed by atoms with van der Waals surface area (Å²) in [6.07, 6.45) is 53.9. The molecule has 0 aromatic rings. The minimum absolute atomic E-state index is 0.0404. The highest BCUT2D eigenvalue weighted by atomic mass is 16.5. The van der Waals surface area contributed by atoms with Gasteiger partial charge in [-0.3, -0.25) is 9.59 Å². The molecule has 3 atom stereocenters. The summed E-state index contributed by atoms with van der Waals surface area (Å²) in [5, 5.41) is 23.6. The fraction of sp³-hybridized carbons (Fsp3) is 0.720. The first-order valence-corrected chi connectivity index (χ1v) is 23.2. The van der Waals surface area contributed by atoms with Gasteiger partial charge >= 0.3 is 5.97 Å². The van der Waals surface area contributed by atoms with Crippen LogP contribution in [0.25, 0.3) is 0 Å². The van der Waals surface area contributed by atoms with Crippen LogP contribution in [0.2, 0.25) is 0 Å². The zero-order chi connectivity index (χ0) is 41.0. The number of rotatable bonds is 40. The van der Waals surface area contributed by atoms with Crippen LogP contribution >= 0.6 is 0 Å². The molecule has 0 aromatic heterocycles. The van der Waals surface area contributed by atoms with Crippen molar-refractivity contribution in [3.05, 3.63) is 72.9 Å². The van der Waals surface area contributed by atoms with Crippen molar-refractivity contribution in [1.82, 2.24) is 5.32 Å². The molecule has 0 spiro atoms. The van der Waals surface area contributed by atoms with Crippen LogP contribution < -0.4 is 5.32 Å². The molecular formula is C50H87NO5. The van der Waals surface area contributed by atoms with Crippen LogP contribution in [0.15, 0.2) is 72.9 Å². The summed E-state index contributed by atoms with van der Waals surface area (Å²) >= 11 is 0. The number of hydrogen-bond acceptors (Lipinski definition) is 5. The highest BCUT2D eigenvalue weighted by Crippen LogP contribution is 2.17. The van der Waals surface area contributed by atoms with Gasteiger partial charge in [-0.2, -0.15) is 0 Å². The van der Waals surface area contributed by atoms with Gasteiger partial charge in [0.1, 0.15) is 6.10 Å². The Hall–Kier alpha value is -2.70. The molecule has 0 aromatic carbocycles. The Bertz CT molecular complexity index is 1060. The lowest BCUT2D eigenvalue weighted by molar-refractivity contribution is -0.151. The predicted octanol–water partition coefficient (Wildman–Crippen LogP) is 13.4. The zero-order valence-corrected chi connectivity index (χ0v) is 36.5. The van der Waals surface area contributed by atoms with Crippen LogP contribution in [-0.4, -0.2) is 46.9 Å². The summed E-state index contributed by atoms with van der Waals surface area (Å²) in [6, 6.07) is -0.719. The van der Waals surface area contributed by atoms with Crippen LogP contribution in [0.4, 0.5) is 0 Å². The van der Waals surface area contributed by atoms with E-state index >= 15 is 0 Å². The first-order valence-electron chi connectivity index (χ1n) is 23.2. The number of nitrogens with one attached hydrogen (secondary N) is 1. The first kappa shape index (κ1) is 53.3. The molecule has 6 heteroatoms. The lowest BCUT2D eigenvalue weighted by Gasteiger charge is -2.24. The summed E-state index contributed by atoms with van der Waals surface area (Å²) in [4.78, 5) is 26.0. The van der Waals surface area contributed by atoms with Crippen molar-refractivity contribution in [2.75, 3.05) is 6.61 Å². The van der Waals surface area contributed by atoms with Crippen LogP contribution in [0.5, 0.6) is 0 Å². The van der Waals surface area contributed by atoms with Gasteiger partial charge < -0.3 is 20.3 Å². The van der Waals surface area contributed by atoms with Gasteiger partial charge in [-0.05, 0) is 64.2 Å². The van der Waals surface area contributed by atoms with Crippen molar-refractivity contribution in [2.45, 2.75) is 225 Å². The smallest absolute Gasteiger partial charge is 0.306 e. The van der Waals surface area contributed by atoms with Crippen LogP contribution in [0.3, 0.4) is 0 Å². The SMILES string of the molecule is CC/C=C/C=C/C=C\C=C/C=C/CCCC(=O)OC(CCCCCCC/C=C/CCCCCCCC)CC(=O)NC(CO)C(O)CCCCCCCCCCC. The van der Waals surface area contributed by atoms with Gasteiger partial charge in [-0.25, -0.2) is 0 Å². The third-order valence-corrected chi connectivity index (χ3v) is 10.1. The molecule has 0 saturated carbocycles. The van der Waals surface area contributed by atoms with E-state index < -0.39 is 18.2 Å². The van der Waals surface area contributed by atoms with Gasteiger partial charge in [0, 0.05) is 6.42 Å². The maximum absolute atomic E-state index is 13.1. The van der Waals surface area contributed by atoms with E-state index in [1.54, 1.807) is 0 Å². The Morgan fingerprint density at radius 2 is 0.982 bits per heavy atom. The van der Waals surface area contributed by atoms with Gasteiger partial charge in [-0.15, -0.1) is 0 Å². The molecule has 0 radical (unpaired) electrons. The normalized spacial score (nSPS) is 14.0. The molecule has 0 saturated heterocycles. The molecule has 6 nitrogen and oxygen atoms in total. The monoisotopic (exact) mass is 782 g/mol. The van der Waals surface area contributed by atoms with Crippen LogP contribution in [0, 0.1) is 0 Å². The lowest BCUT2D eigenvalue weighted by Crippen LogP contribution is -2.46.